The van der Waals surface area contributed by atoms with Crippen molar-refractivity contribution in [2.45, 2.75) is 18.5 Å². The Hall–Kier alpha value is -3.08. The number of halogens is 6. The van der Waals surface area contributed by atoms with Gasteiger partial charge in [0, 0.05) is 20.7 Å². The van der Waals surface area contributed by atoms with Crippen LogP contribution in [-0.2, 0) is 25.9 Å². The molecule has 1 heterocycles. The topological polar surface area (TPSA) is 71.0 Å². The monoisotopic (exact) mass is 641 g/mol. The van der Waals surface area contributed by atoms with E-state index in [1.54, 1.807) is 55.5 Å². The minimum Gasteiger partial charge on any atom is -0.465 e. The van der Waals surface area contributed by atoms with Gasteiger partial charge in [-0.15, -0.1) is 0 Å². The molecule has 0 aromatic heterocycles. The molecule has 0 fully saturated rings. The van der Waals surface area contributed by atoms with E-state index in [0.29, 0.717) is 16.3 Å². The predicted octanol–water partition coefficient (Wildman–Crippen LogP) is 6.93. The summed E-state index contributed by atoms with van der Waals surface area (Å²) < 4.78 is 46.4. The quantitative estimate of drug-likeness (QED) is 0.284. The molecule has 39 heavy (non-hydrogen) atoms. The molecule has 1 atom stereocenters. The molecule has 0 spiro atoms. The normalized spacial score (nSPS) is 17.1. The van der Waals surface area contributed by atoms with Crippen molar-refractivity contribution in [2.75, 3.05) is 25.0 Å². The molecule has 12 heteroatoms. The maximum atomic E-state index is 13.6. The van der Waals surface area contributed by atoms with Crippen LogP contribution in [0.1, 0.15) is 23.6 Å². The summed E-state index contributed by atoms with van der Waals surface area (Å²) in [4.78, 5) is 26.5. The number of alkyl halides is 3. The second-order valence-corrected chi connectivity index (χ2v) is 10.4. The Morgan fingerprint density at radius 2 is 1.74 bits per heavy atom. The maximum Gasteiger partial charge on any atom is 0.417 e. The SMILES string of the molecule is CCOC(=O)C1(c2ccc(Cl)cc2)CN(CC(=O)Nc2ccc(Br)cc2)N=C1c1ccc(C(F)(F)F)c(Cl)c1. The van der Waals surface area contributed by atoms with Crippen molar-refractivity contribution in [3.63, 3.8) is 0 Å². The maximum absolute atomic E-state index is 13.6. The van der Waals surface area contributed by atoms with Crippen LogP contribution in [0.15, 0.2) is 76.3 Å². The highest BCUT2D eigenvalue weighted by Gasteiger charge is 2.53. The third-order valence-electron chi connectivity index (χ3n) is 6.03. The second-order valence-electron chi connectivity index (χ2n) is 8.65. The first-order valence-corrected chi connectivity index (χ1v) is 13.2. The van der Waals surface area contributed by atoms with Crippen molar-refractivity contribution in [1.29, 1.82) is 0 Å². The van der Waals surface area contributed by atoms with Gasteiger partial charge in [-0.3, -0.25) is 14.6 Å². The molecule has 1 amide bonds. The summed E-state index contributed by atoms with van der Waals surface area (Å²) in [6, 6.07) is 16.5. The highest BCUT2D eigenvalue weighted by Crippen LogP contribution is 2.40. The van der Waals surface area contributed by atoms with Gasteiger partial charge in [0.25, 0.3) is 0 Å². The van der Waals surface area contributed by atoms with E-state index in [-0.39, 0.29) is 31.0 Å². The lowest BCUT2D eigenvalue weighted by Gasteiger charge is -2.29. The van der Waals surface area contributed by atoms with E-state index in [1.165, 1.54) is 11.1 Å². The molecule has 3 aromatic rings. The van der Waals surface area contributed by atoms with Gasteiger partial charge >= 0.3 is 12.1 Å². The van der Waals surface area contributed by atoms with Crippen LogP contribution in [0.2, 0.25) is 10.0 Å². The van der Waals surface area contributed by atoms with Gasteiger partial charge in [0.15, 0.2) is 5.41 Å². The molecule has 0 saturated carbocycles. The summed E-state index contributed by atoms with van der Waals surface area (Å²) in [7, 11) is 0. The van der Waals surface area contributed by atoms with Gasteiger partial charge in [-0.25, -0.2) is 0 Å². The number of carbonyl (C=O) groups is 2. The standard InChI is InChI=1S/C27H21BrCl2F3N3O3/c1-2-39-25(38)26(17-4-8-19(29)9-5-17)15-36(14-23(37)34-20-10-6-18(28)7-11-20)35-24(26)16-3-12-21(22(30)13-16)27(31,32)33/h3-13H,2,14-15H2,1H3,(H,34,37). The van der Waals surface area contributed by atoms with Crippen LogP contribution in [0, 0.1) is 0 Å². The number of benzene rings is 3. The molecular formula is C27H21BrCl2F3N3O3. The number of anilines is 1. The Morgan fingerprint density at radius 3 is 2.33 bits per heavy atom. The number of amides is 1. The van der Waals surface area contributed by atoms with Crippen LogP contribution in [0.5, 0.6) is 0 Å². The first-order valence-electron chi connectivity index (χ1n) is 11.6. The molecule has 1 aliphatic rings. The van der Waals surface area contributed by atoms with Crippen molar-refractivity contribution in [2.24, 2.45) is 5.10 Å². The number of hydrazone groups is 1. The molecule has 0 radical (unpaired) electrons. The number of hydrogen-bond acceptors (Lipinski definition) is 5. The minimum absolute atomic E-state index is 0.0409. The van der Waals surface area contributed by atoms with Crippen molar-refractivity contribution in [3.05, 3.63) is 97.9 Å². The summed E-state index contributed by atoms with van der Waals surface area (Å²) in [6.07, 6.45) is -4.67. The van der Waals surface area contributed by atoms with Crippen molar-refractivity contribution in [1.82, 2.24) is 5.01 Å². The van der Waals surface area contributed by atoms with Gasteiger partial charge in [-0.2, -0.15) is 18.3 Å². The van der Waals surface area contributed by atoms with Crippen LogP contribution in [-0.4, -0.2) is 42.3 Å². The van der Waals surface area contributed by atoms with Gasteiger partial charge in [0.2, 0.25) is 5.91 Å². The average molecular weight is 643 g/mol. The summed E-state index contributed by atoms with van der Waals surface area (Å²) >= 11 is 15.4. The zero-order valence-corrected chi connectivity index (χ0v) is 23.5. The molecule has 1 aliphatic heterocycles. The van der Waals surface area contributed by atoms with Crippen molar-refractivity contribution < 1.29 is 27.5 Å². The zero-order valence-electron chi connectivity index (χ0n) is 20.4. The van der Waals surface area contributed by atoms with Gasteiger partial charge < -0.3 is 10.1 Å². The molecular weight excluding hydrogens is 622 g/mol. The number of hydrogen-bond donors (Lipinski definition) is 1. The van der Waals surface area contributed by atoms with E-state index in [4.69, 9.17) is 27.9 Å². The number of ether oxygens (including phenoxy) is 1. The molecule has 1 N–H and O–H groups in total. The van der Waals surface area contributed by atoms with Crippen LogP contribution in [0.25, 0.3) is 0 Å². The highest BCUT2D eigenvalue weighted by molar-refractivity contribution is 9.10. The molecule has 204 valence electrons. The number of esters is 1. The van der Waals surface area contributed by atoms with Gasteiger partial charge in [-0.05, 0) is 61.0 Å². The van der Waals surface area contributed by atoms with Crippen LogP contribution >= 0.6 is 39.1 Å². The average Bonchev–Trinajstić information content (AvgIpc) is 3.25. The Balaban J connectivity index is 1.78. The third kappa shape index (κ3) is 6.23. The zero-order chi connectivity index (χ0) is 28.4. The van der Waals surface area contributed by atoms with E-state index >= 15 is 0 Å². The Labute approximate surface area is 240 Å². The fourth-order valence-electron chi connectivity index (χ4n) is 4.29. The van der Waals surface area contributed by atoms with E-state index in [1.807, 2.05) is 0 Å². The smallest absolute Gasteiger partial charge is 0.417 e. The van der Waals surface area contributed by atoms with Crippen molar-refractivity contribution in [3.8, 4) is 0 Å². The minimum atomic E-state index is -4.67. The molecule has 4 rings (SSSR count). The molecule has 6 nitrogen and oxygen atoms in total. The van der Waals surface area contributed by atoms with Gasteiger partial charge in [0.05, 0.1) is 29.4 Å². The highest BCUT2D eigenvalue weighted by atomic mass is 79.9. The largest absolute Gasteiger partial charge is 0.465 e. The van der Waals surface area contributed by atoms with Crippen molar-refractivity contribution >= 4 is 62.4 Å². The number of nitrogens with one attached hydrogen (secondary N) is 1. The van der Waals surface area contributed by atoms with Crippen LogP contribution in [0.4, 0.5) is 18.9 Å². The van der Waals surface area contributed by atoms with Crippen LogP contribution < -0.4 is 5.32 Å². The first-order chi connectivity index (χ1) is 18.4. The molecule has 0 aliphatic carbocycles. The first kappa shape index (κ1) is 28.9. The Morgan fingerprint density at radius 1 is 1.08 bits per heavy atom. The fraction of sp³-hybridized carbons (Fsp3) is 0.222. The van der Waals surface area contributed by atoms with E-state index in [9.17, 15) is 22.8 Å². The number of rotatable bonds is 7. The summed E-state index contributed by atoms with van der Waals surface area (Å²) in [5, 5.41) is 8.55. The van der Waals surface area contributed by atoms with Crippen LogP contribution in [0.3, 0.4) is 0 Å². The fourth-order valence-corrected chi connectivity index (χ4v) is 4.97. The summed E-state index contributed by atoms with van der Waals surface area (Å²) in [5.41, 5.74) is -1.35. The molecule has 1 unspecified atom stereocenters. The Kier molecular flexibility index (Phi) is 8.58. The van der Waals surface area contributed by atoms with E-state index in [2.05, 4.69) is 26.3 Å². The van der Waals surface area contributed by atoms with E-state index < -0.39 is 34.1 Å². The summed E-state index contributed by atoms with van der Waals surface area (Å²) in [5.74, 6) is -1.10. The molecule has 0 saturated heterocycles. The number of nitrogens with zero attached hydrogens (tertiary/aromatic N) is 2. The predicted molar refractivity (Wildman–Crippen MR) is 147 cm³/mol. The second kappa shape index (κ2) is 11.6. The third-order valence-corrected chi connectivity index (χ3v) is 7.12. The summed E-state index contributed by atoms with van der Waals surface area (Å²) in [6.45, 7) is 1.31. The lowest BCUT2D eigenvalue weighted by atomic mass is 9.74. The van der Waals surface area contributed by atoms with Gasteiger partial charge in [0.1, 0.15) is 6.54 Å². The number of carbonyl (C=O) groups excluding carboxylic acids is 2. The van der Waals surface area contributed by atoms with E-state index in [0.717, 1.165) is 16.6 Å². The molecule has 3 aromatic carbocycles. The lowest BCUT2D eigenvalue weighted by molar-refractivity contribution is -0.147. The van der Waals surface area contributed by atoms with Gasteiger partial charge in [-0.1, -0.05) is 57.3 Å². The molecule has 0 bridgehead atoms. The lowest BCUT2D eigenvalue weighted by Crippen LogP contribution is -2.48. The Bertz CT molecular complexity index is 1420.